The number of carbonyl (C=O) groups is 8. The highest BCUT2D eigenvalue weighted by Gasteiger charge is 2.29. The van der Waals surface area contributed by atoms with E-state index in [1.54, 1.807) is 52.2 Å². The normalized spacial score (nSPS) is 13.1. The van der Waals surface area contributed by atoms with Gasteiger partial charge in [0.2, 0.25) is 23.6 Å². The number of nitrogens with zero attached hydrogens (tertiary/aromatic N) is 2. The molecule has 63 heavy (non-hydrogen) atoms. The van der Waals surface area contributed by atoms with Crippen molar-refractivity contribution >= 4 is 53.3 Å². The standard InChI is InChI=1S/C41H65N9O13/c1-29(2)37(48-34(52)14-20-59-22-24-61-26-27-62-25-23-60-21-17-44-33(51)13-18-50-35(53)11-12-36(50)54)39(56)47-32(6-5-15-45-40(42)57)38(55)46-31-9-7-30(8-10-31)28-63-41(58)49(4)19-16-43-3/h7-12,29,32,37,43H,5-6,13-28H2,1-4H3,(H,44,51)(H,46,55)(H,47,56)(H,48,52)(H3,42,45,57). The minimum absolute atomic E-state index is 0.00921. The maximum atomic E-state index is 13.5. The molecule has 0 bridgehead atoms. The van der Waals surface area contributed by atoms with E-state index in [2.05, 4.69) is 31.9 Å². The van der Waals surface area contributed by atoms with Crippen molar-refractivity contribution in [3.63, 3.8) is 0 Å². The van der Waals surface area contributed by atoms with Gasteiger partial charge in [-0.3, -0.25) is 33.7 Å². The highest BCUT2D eigenvalue weighted by atomic mass is 16.6. The summed E-state index contributed by atoms with van der Waals surface area (Å²) in [5.41, 5.74) is 6.30. The van der Waals surface area contributed by atoms with Gasteiger partial charge < -0.3 is 66.2 Å². The Balaban J connectivity index is 1.65. The molecule has 2 unspecified atom stereocenters. The number of amides is 9. The number of ether oxygens (including phenoxy) is 5. The van der Waals surface area contributed by atoms with Crippen LogP contribution >= 0.6 is 0 Å². The lowest BCUT2D eigenvalue weighted by Gasteiger charge is -2.25. The Hall–Kier alpha value is -5.68. The van der Waals surface area contributed by atoms with Gasteiger partial charge in [0.25, 0.3) is 11.8 Å². The Morgan fingerprint density at radius 3 is 1.92 bits per heavy atom. The van der Waals surface area contributed by atoms with Gasteiger partial charge in [-0.2, -0.15) is 0 Å². The van der Waals surface area contributed by atoms with Crippen molar-refractivity contribution in [2.45, 2.75) is 58.2 Å². The molecule has 22 nitrogen and oxygen atoms in total. The number of hydrogen-bond donors (Lipinski definition) is 7. The molecule has 1 aliphatic rings. The molecule has 9 amide bonds. The second-order valence-electron chi connectivity index (χ2n) is 14.5. The van der Waals surface area contributed by atoms with E-state index in [1.807, 2.05) is 0 Å². The van der Waals surface area contributed by atoms with Gasteiger partial charge in [-0.1, -0.05) is 26.0 Å². The fourth-order valence-corrected chi connectivity index (χ4v) is 5.51. The first-order valence-electron chi connectivity index (χ1n) is 20.9. The number of primary amides is 1. The second-order valence-corrected chi connectivity index (χ2v) is 14.5. The van der Waals surface area contributed by atoms with Gasteiger partial charge in [0.1, 0.15) is 18.7 Å². The van der Waals surface area contributed by atoms with Crippen LogP contribution in [0.3, 0.4) is 0 Å². The molecule has 0 aromatic heterocycles. The van der Waals surface area contributed by atoms with E-state index < -0.39 is 53.7 Å². The van der Waals surface area contributed by atoms with Crippen LogP contribution in [0.15, 0.2) is 36.4 Å². The molecule has 0 saturated carbocycles. The molecule has 0 radical (unpaired) electrons. The van der Waals surface area contributed by atoms with Gasteiger partial charge in [0.15, 0.2) is 0 Å². The fourth-order valence-electron chi connectivity index (χ4n) is 5.51. The smallest absolute Gasteiger partial charge is 0.409 e. The lowest BCUT2D eigenvalue weighted by atomic mass is 10.0. The summed E-state index contributed by atoms with van der Waals surface area (Å²) in [6, 6.07) is 3.98. The summed E-state index contributed by atoms with van der Waals surface area (Å²) in [6.07, 6.45) is 2.33. The quantitative estimate of drug-likeness (QED) is 0.0342. The first kappa shape index (κ1) is 53.5. The van der Waals surface area contributed by atoms with Gasteiger partial charge in [0.05, 0.1) is 52.9 Å². The molecule has 0 aliphatic carbocycles. The second kappa shape index (κ2) is 31.2. The lowest BCUT2D eigenvalue weighted by Crippen LogP contribution is -2.54. The summed E-state index contributed by atoms with van der Waals surface area (Å²) < 4.78 is 27.2. The maximum Gasteiger partial charge on any atom is 0.409 e. The first-order valence-corrected chi connectivity index (χ1v) is 20.9. The number of carbonyl (C=O) groups excluding carboxylic acids is 8. The predicted molar refractivity (Wildman–Crippen MR) is 229 cm³/mol. The number of urea groups is 1. The van der Waals surface area contributed by atoms with Crippen molar-refractivity contribution in [1.82, 2.24) is 36.4 Å². The number of anilines is 1. The summed E-state index contributed by atoms with van der Waals surface area (Å²) in [7, 11) is 3.43. The number of likely N-dealkylation sites (N-methyl/N-ethyl adjacent to an activating group) is 2. The molecular weight excluding hydrogens is 827 g/mol. The molecule has 352 valence electrons. The topological polar surface area (TPSA) is 287 Å². The van der Waals surface area contributed by atoms with Crippen LogP contribution in [0.2, 0.25) is 0 Å². The maximum absolute atomic E-state index is 13.5. The van der Waals surface area contributed by atoms with E-state index in [9.17, 15) is 38.4 Å². The van der Waals surface area contributed by atoms with Gasteiger partial charge >= 0.3 is 12.1 Å². The van der Waals surface area contributed by atoms with Gasteiger partial charge in [-0.25, -0.2) is 9.59 Å². The molecular formula is C41H65N9O13. The summed E-state index contributed by atoms with van der Waals surface area (Å²) in [6.45, 7) is 7.23. The van der Waals surface area contributed by atoms with Crippen LogP contribution in [0.1, 0.15) is 45.1 Å². The zero-order chi connectivity index (χ0) is 46.4. The van der Waals surface area contributed by atoms with Crippen molar-refractivity contribution in [3.8, 4) is 0 Å². The Bertz CT molecular complexity index is 1630. The van der Waals surface area contributed by atoms with Crippen molar-refractivity contribution in [1.29, 1.82) is 0 Å². The molecule has 2 rings (SSSR count). The third kappa shape index (κ3) is 23.4. The average molecular weight is 892 g/mol. The molecule has 1 aliphatic heterocycles. The zero-order valence-corrected chi connectivity index (χ0v) is 36.7. The van der Waals surface area contributed by atoms with E-state index in [4.69, 9.17) is 29.4 Å². The van der Waals surface area contributed by atoms with E-state index in [-0.39, 0.29) is 83.8 Å². The van der Waals surface area contributed by atoms with Crippen LogP contribution in [0.5, 0.6) is 0 Å². The van der Waals surface area contributed by atoms with Crippen molar-refractivity contribution in [3.05, 3.63) is 42.0 Å². The molecule has 1 aromatic rings. The van der Waals surface area contributed by atoms with Crippen LogP contribution in [0, 0.1) is 5.92 Å². The minimum atomic E-state index is -1.02. The number of benzene rings is 1. The first-order chi connectivity index (χ1) is 30.2. The molecule has 2 atom stereocenters. The van der Waals surface area contributed by atoms with E-state index in [0.29, 0.717) is 57.2 Å². The van der Waals surface area contributed by atoms with Gasteiger partial charge in [-0.15, -0.1) is 0 Å². The highest BCUT2D eigenvalue weighted by Crippen LogP contribution is 2.13. The number of rotatable bonds is 33. The number of hydrogen-bond acceptors (Lipinski definition) is 14. The minimum Gasteiger partial charge on any atom is -0.445 e. The SMILES string of the molecule is CNCCN(C)C(=O)OCc1ccc(NC(=O)C(CCCNC(N)=O)NC(=O)C(NC(=O)CCOCCOCCOCCOCCNC(=O)CCN2C(=O)C=CC2=O)C(C)C)cc1. The summed E-state index contributed by atoms with van der Waals surface area (Å²) in [5.74, 6) is -2.98. The number of nitrogens with two attached hydrogens (primary N) is 1. The summed E-state index contributed by atoms with van der Waals surface area (Å²) >= 11 is 0. The molecule has 0 saturated heterocycles. The van der Waals surface area contributed by atoms with Crippen LogP contribution in [0.4, 0.5) is 15.3 Å². The number of imide groups is 1. The molecule has 0 fully saturated rings. The Labute approximate surface area is 368 Å². The largest absolute Gasteiger partial charge is 0.445 e. The van der Waals surface area contributed by atoms with Crippen molar-refractivity contribution < 1.29 is 62.0 Å². The fraction of sp³-hybridized carbons (Fsp3) is 0.610. The Morgan fingerprint density at radius 1 is 0.730 bits per heavy atom. The highest BCUT2D eigenvalue weighted by molar-refractivity contribution is 6.13. The van der Waals surface area contributed by atoms with Crippen molar-refractivity contribution in [2.75, 3.05) is 105 Å². The van der Waals surface area contributed by atoms with Crippen LogP contribution in [0.25, 0.3) is 0 Å². The Morgan fingerprint density at radius 2 is 1.33 bits per heavy atom. The van der Waals surface area contributed by atoms with Gasteiger partial charge in [0, 0.05) is 70.5 Å². The third-order valence-electron chi connectivity index (χ3n) is 9.08. The van der Waals surface area contributed by atoms with Gasteiger partial charge in [-0.05, 0) is 43.5 Å². The molecule has 8 N–H and O–H groups in total. The van der Waals surface area contributed by atoms with E-state index in [1.165, 1.54) is 17.1 Å². The summed E-state index contributed by atoms with van der Waals surface area (Å²) in [5, 5.41) is 16.3. The van der Waals surface area contributed by atoms with Crippen LogP contribution in [-0.4, -0.2) is 169 Å². The zero-order valence-electron chi connectivity index (χ0n) is 36.7. The Kier molecular flexibility index (Phi) is 26.5. The van der Waals surface area contributed by atoms with E-state index >= 15 is 0 Å². The van der Waals surface area contributed by atoms with Crippen LogP contribution in [-0.2, 0) is 59.1 Å². The predicted octanol–water partition coefficient (Wildman–Crippen LogP) is -0.625. The van der Waals surface area contributed by atoms with E-state index in [0.717, 1.165) is 4.90 Å². The summed E-state index contributed by atoms with van der Waals surface area (Å²) in [4.78, 5) is 100. The average Bonchev–Trinajstić information content (AvgIpc) is 3.58. The molecule has 1 heterocycles. The lowest BCUT2D eigenvalue weighted by molar-refractivity contribution is -0.137. The molecule has 1 aromatic carbocycles. The van der Waals surface area contributed by atoms with Crippen molar-refractivity contribution in [2.24, 2.45) is 11.7 Å². The molecule has 22 heteroatoms. The number of nitrogens with one attached hydrogen (secondary N) is 6. The third-order valence-corrected chi connectivity index (χ3v) is 9.08. The molecule has 0 spiro atoms. The van der Waals surface area contributed by atoms with Crippen LogP contribution < -0.4 is 37.6 Å². The monoisotopic (exact) mass is 891 g/mol.